The van der Waals surface area contributed by atoms with Gasteiger partial charge in [-0.25, -0.2) is 4.79 Å². The standard InChI is InChI=1S/C10H8ClF3N2O3/c1-18-9(17)8(11)16-15-6-2-4-7(5-3-6)19-10(12,13)14/h2-5,15H,1H3/b16-8+. The van der Waals surface area contributed by atoms with E-state index in [1.807, 2.05) is 0 Å². The van der Waals surface area contributed by atoms with Crippen LogP contribution in [0, 0.1) is 0 Å². The molecular weight excluding hydrogens is 289 g/mol. The minimum atomic E-state index is -4.75. The van der Waals surface area contributed by atoms with Crippen LogP contribution in [0.15, 0.2) is 29.4 Å². The molecule has 0 amide bonds. The minimum Gasteiger partial charge on any atom is -0.464 e. The van der Waals surface area contributed by atoms with E-state index in [-0.39, 0.29) is 5.75 Å². The SMILES string of the molecule is COC(=O)/C(Cl)=N\Nc1ccc(OC(F)(F)F)cc1. The number of halogens is 4. The first-order valence-corrected chi connectivity index (χ1v) is 5.13. The summed E-state index contributed by atoms with van der Waals surface area (Å²) in [4.78, 5) is 10.9. The van der Waals surface area contributed by atoms with Crippen LogP contribution in [0.4, 0.5) is 18.9 Å². The van der Waals surface area contributed by atoms with Gasteiger partial charge in [0.1, 0.15) is 5.75 Å². The van der Waals surface area contributed by atoms with Crippen molar-refractivity contribution in [3.63, 3.8) is 0 Å². The van der Waals surface area contributed by atoms with E-state index >= 15 is 0 Å². The molecule has 9 heteroatoms. The molecule has 5 nitrogen and oxygen atoms in total. The number of benzene rings is 1. The van der Waals surface area contributed by atoms with Crippen molar-refractivity contribution >= 4 is 28.4 Å². The molecule has 0 spiro atoms. The number of hydrogen-bond acceptors (Lipinski definition) is 5. The first-order valence-electron chi connectivity index (χ1n) is 4.75. The van der Waals surface area contributed by atoms with Crippen molar-refractivity contribution in [3.8, 4) is 5.75 Å². The van der Waals surface area contributed by atoms with Gasteiger partial charge in [-0.1, -0.05) is 11.6 Å². The number of ether oxygens (including phenoxy) is 2. The Kier molecular flexibility index (Phi) is 4.99. The molecule has 1 rings (SSSR count). The molecule has 0 saturated heterocycles. The number of anilines is 1. The summed E-state index contributed by atoms with van der Waals surface area (Å²) < 4.78 is 43.6. The fraction of sp³-hybridized carbons (Fsp3) is 0.200. The lowest BCUT2D eigenvalue weighted by atomic mass is 10.3. The summed E-state index contributed by atoms with van der Waals surface area (Å²) in [5.41, 5.74) is 2.68. The van der Waals surface area contributed by atoms with Gasteiger partial charge < -0.3 is 9.47 Å². The molecule has 1 aromatic rings. The summed E-state index contributed by atoms with van der Waals surface area (Å²) in [6.45, 7) is 0. The molecule has 1 aromatic carbocycles. The summed E-state index contributed by atoms with van der Waals surface area (Å²) in [5, 5.41) is 3.02. The summed E-state index contributed by atoms with van der Waals surface area (Å²) >= 11 is 5.44. The van der Waals surface area contributed by atoms with E-state index in [9.17, 15) is 18.0 Å². The van der Waals surface area contributed by atoms with Crippen LogP contribution in [0.5, 0.6) is 5.75 Å². The van der Waals surface area contributed by atoms with Crippen LogP contribution in [0.1, 0.15) is 0 Å². The van der Waals surface area contributed by atoms with Gasteiger partial charge in [0, 0.05) is 0 Å². The third-order valence-electron chi connectivity index (χ3n) is 1.72. The molecule has 1 N–H and O–H groups in total. The number of hydrogen-bond donors (Lipinski definition) is 1. The summed E-state index contributed by atoms with van der Waals surface area (Å²) in [7, 11) is 1.13. The van der Waals surface area contributed by atoms with E-state index in [1.54, 1.807) is 0 Å². The van der Waals surface area contributed by atoms with Crippen LogP contribution in [-0.4, -0.2) is 24.6 Å². The van der Waals surface area contributed by atoms with Crippen molar-refractivity contribution < 1.29 is 27.4 Å². The van der Waals surface area contributed by atoms with Crippen molar-refractivity contribution in [3.05, 3.63) is 24.3 Å². The monoisotopic (exact) mass is 296 g/mol. The van der Waals surface area contributed by atoms with Crippen LogP contribution in [0.2, 0.25) is 0 Å². The number of nitrogens with zero attached hydrogens (tertiary/aromatic N) is 1. The fourth-order valence-corrected chi connectivity index (χ4v) is 1.09. The number of carbonyl (C=O) groups is 1. The Morgan fingerprint density at radius 3 is 2.37 bits per heavy atom. The molecule has 0 saturated carbocycles. The van der Waals surface area contributed by atoms with Gasteiger partial charge in [0.25, 0.3) is 0 Å². The highest BCUT2D eigenvalue weighted by Gasteiger charge is 2.30. The smallest absolute Gasteiger partial charge is 0.464 e. The second kappa shape index (κ2) is 6.28. The zero-order valence-corrected chi connectivity index (χ0v) is 10.2. The molecule has 0 atom stereocenters. The predicted molar refractivity (Wildman–Crippen MR) is 62.1 cm³/mol. The van der Waals surface area contributed by atoms with E-state index in [2.05, 4.69) is 20.0 Å². The van der Waals surface area contributed by atoms with Gasteiger partial charge in [-0.3, -0.25) is 5.43 Å². The number of nitrogens with one attached hydrogen (secondary N) is 1. The predicted octanol–water partition coefficient (Wildman–Crippen LogP) is 2.72. The van der Waals surface area contributed by atoms with Crippen molar-refractivity contribution in [2.45, 2.75) is 6.36 Å². The van der Waals surface area contributed by atoms with Crippen molar-refractivity contribution in [1.82, 2.24) is 0 Å². The summed E-state index contributed by atoms with van der Waals surface area (Å²) in [6.07, 6.45) is -4.75. The largest absolute Gasteiger partial charge is 0.573 e. The van der Waals surface area contributed by atoms with E-state index in [4.69, 9.17) is 11.6 Å². The number of hydrazone groups is 1. The first-order chi connectivity index (χ1) is 8.81. The number of alkyl halides is 3. The highest BCUT2D eigenvalue weighted by Crippen LogP contribution is 2.23. The second-order valence-corrected chi connectivity index (χ2v) is 3.44. The maximum Gasteiger partial charge on any atom is 0.573 e. The Balaban J connectivity index is 2.65. The average molecular weight is 297 g/mol. The Morgan fingerprint density at radius 1 is 1.32 bits per heavy atom. The Bertz CT molecular complexity index is 474. The molecule has 0 heterocycles. The highest BCUT2D eigenvalue weighted by atomic mass is 35.5. The number of methoxy groups -OCH3 is 1. The third kappa shape index (κ3) is 5.47. The van der Waals surface area contributed by atoms with Gasteiger partial charge in [-0.15, -0.1) is 13.2 Å². The number of esters is 1. The normalized spacial score (nSPS) is 11.9. The van der Waals surface area contributed by atoms with Crippen LogP contribution in [-0.2, 0) is 9.53 Å². The van der Waals surface area contributed by atoms with E-state index in [0.29, 0.717) is 5.69 Å². The third-order valence-corrected chi connectivity index (χ3v) is 1.96. The van der Waals surface area contributed by atoms with Crippen LogP contribution >= 0.6 is 11.6 Å². The van der Waals surface area contributed by atoms with Crippen LogP contribution < -0.4 is 10.2 Å². The van der Waals surface area contributed by atoms with Crippen LogP contribution in [0.3, 0.4) is 0 Å². The van der Waals surface area contributed by atoms with E-state index in [1.165, 1.54) is 12.1 Å². The Hall–Kier alpha value is -1.96. The molecule has 0 aromatic heterocycles. The van der Waals surface area contributed by atoms with Gasteiger partial charge >= 0.3 is 12.3 Å². The quantitative estimate of drug-likeness (QED) is 0.527. The molecule has 0 aliphatic heterocycles. The molecule has 19 heavy (non-hydrogen) atoms. The molecule has 0 unspecified atom stereocenters. The van der Waals surface area contributed by atoms with Gasteiger partial charge in [0.05, 0.1) is 12.8 Å². The van der Waals surface area contributed by atoms with E-state index < -0.39 is 17.5 Å². The average Bonchev–Trinajstić information content (AvgIpc) is 2.34. The molecular formula is C10H8ClF3N2O3. The zero-order valence-electron chi connectivity index (χ0n) is 9.49. The summed E-state index contributed by atoms with van der Waals surface area (Å²) in [6, 6.07) is 4.70. The lowest BCUT2D eigenvalue weighted by Crippen LogP contribution is -2.17. The fourth-order valence-electron chi connectivity index (χ4n) is 0.975. The molecule has 0 aliphatic carbocycles. The number of rotatable bonds is 4. The van der Waals surface area contributed by atoms with Crippen molar-refractivity contribution in [2.75, 3.05) is 12.5 Å². The Labute approximate surface area is 110 Å². The molecule has 0 radical (unpaired) electrons. The second-order valence-electron chi connectivity index (χ2n) is 3.08. The lowest BCUT2D eigenvalue weighted by Gasteiger charge is -2.09. The zero-order chi connectivity index (χ0) is 14.5. The Morgan fingerprint density at radius 2 is 1.89 bits per heavy atom. The first kappa shape index (κ1) is 15.1. The number of carbonyl (C=O) groups excluding carboxylic acids is 1. The van der Waals surface area contributed by atoms with Gasteiger partial charge in [0.15, 0.2) is 0 Å². The topological polar surface area (TPSA) is 59.9 Å². The van der Waals surface area contributed by atoms with Gasteiger partial charge in [-0.2, -0.15) is 5.10 Å². The minimum absolute atomic E-state index is 0.316. The highest BCUT2D eigenvalue weighted by molar-refractivity contribution is 6.82. The van der Waals surface area contributed by atoms with E-state index in [0.717, 1.165) is 19.2 Å². The molecule has 104 valence electrons. The molecule has 0 fully saturated rings. The molecule has 0 bridgehead atoms. The van der Waals surface area contributed by atoms with Gasteiger partial charge in [0.2, 0.25) is 5.17 Å². The maximum atomic E-state index is 11.9. The maximum absolute atomic E-state index is 11.9. The van der Waals surface area contributed by atoms with Crippen molar-refractivity contribution in [2.24, 2.45) is 5.10 Å². The van der Waals surface area contributed by atoms with Crippen LogP contribution in [0.25, 0.3) is 0 Å². The summed E-state index contributed by atoms with van der Waals surface area (Å²) in [5.74, 6) is -1.22. The lowest BCUT2D eigenvalue weighted by molar-refractivity contribution is -0.274. The van der Waals surface area contributed by atoms with Crippen molar-refractivity contribution in [1.29, 1.82) is 0 Å². The molecule has 0 aliphatic rings. The van der Waals surface area contributed by atoms with Gasteiger partial charge in [-0.05, 0) is 24.3 Å².